The Balaban J connectivity index is 2.18. The van der Waals surface area contributed by atoms with Crippen LogP contribution in [-0.2, 0) is 4.74 Å². The van der Waals surface area contributed by atoms with Crippen LogP contribution >= 0.6 is 0 Å². The van der Waals surface area contributed by atoms with Crippen LogP contribution in [0.15, 0.2) is 0 Å². The average molecular weight is 169 g/mol. The Morgan fingerprint density at radius 2 is 2.25 bits per heavy atom. The van der Waals surface area contributed by atoms with E-state index in [1.165, 1.54) is 0 Å². The van der Waals surface area contributed by atoms with Crippen LogP contribution in [0.4, 0.5) is 0 Å². The van der Waals surface area contributed by atoms with Gasteiger partial charge < -0.3 is 9.64 Å². The van der Waals surface area contributed by atoms with Gasteiger partial charge in [-0.2, -0.15) is 5.26 Å². The third kappa shape index (κ3) is 2.18. The monoisotopic (exact) mass is 169 g/mol. The highest BCUT2D eigenvalue weighted by Gasteiger charge is 2.38. The fourth-order valence-electron chi connectivity index (χ4n) is 1.03. The molecular formula is C8H15N3O. The fraction of sp³-hybridized carbons (Fsp3) is 0.875. The highest BCUT2D eigenvalue weighted by Crippen LogP contribution is 2.14. The first-order valence-corrected chi connectivity index (χ1v) is 4.07. The molecule has 0 atom stereocenters. The molecule has 1 heterocycles. The van der Waals surface area contributed by atoms with Crippen LogP contribution in [0.25, 0.3) is 0 Å². The van der Waals surface area contributed by atoms with E-state index in [1.54, 1.807) is 0 Å². The Morgan fingerprint density at radius 3 is 2.58 bits per heavy atom. The molecule has 4 heteroatoms. The molecule has 0 aromatic rings. The van der Waals surface area contributed by atoms with Gasteiger partial charge in [0.1, 0.15) is 0 Å². The van der Waals surface area contributed by atoms with E-state index in [0.717, 1.165) is 13.1 Å². The molecule has 0 unspecified atom stereocenters. The van der Waals surface area contributed by atoms with Gasteiger partial charge in [-0.15, -0.1) is 0 Å². The standard InChI is InChI=1S/C8H15N3O/c1-11(2)4-3-10-8(5-9)6-12-7-8/h10H,3-4,6-7H2,1-2H3. The molecule has 0 aliphatic carbocycles. The Hall–Kier alpha value is -0.630. The van der Waals surface area contributed by atoms with Crippen LogP contribution in [0.2, 0.25) is 0 Å². The molecule has 68 valence electrons. The lowest BCUT2D eigenvalue weighted by molar-refractivity contribution is -0.0437. The molecule has 0 aromatic carbocycles. The molecule has 0 radical (unpaired) electrons. The minimum atomic E-state index is -0.393. The molecule has 4 nitrogen and oxygen atoms in total. The lowest BCUT2D eigenvalue weighted by Crippen LogP contribution is -2.60. The van der Waals surface area contributed by atoms with E-state index in [2.05, 4.69) is 16.3 Å². The summed E-state index contributed by atoms with van der Waals surface area (Å²) in [6, 6.07) is 2.23. The van der Waals surface area contributed by atoms with E-state index in [1.807, 2.05) is 14.1 Å². The van der Waals surface area contributed by atoms with Crippen molar-refractivity contribution in [1.82, 2.24) is 10.2 Å². The van der Waals surface area contributed by atoms with Crippen molar-refractivity contribution in [3.8, 4) is 6.07 Å². The van der Waals surface area contributed by atoms with E-state index >= 15 is 0 Å². The molecule has 0 saturated carbocycles. The largest absolute Gasteiger partial charge is 0.375 e. The van der Waals surface area contributed by atoms with Crippen molar-refractivity contribution in [2.45, 2.75) is 5.54 Å². The Kier molecular flexibility index (Phi) is 3.04. The summed E-state index contributed by atoms with van der Waals surface area (Å²) in [6.45, 7) is 2.83. The van der Waals surface area contributed by atoms with Crippen LogP contribution in [0.5, 0.6) is 0 Å². The van der Waals surface area contributed by atoms with Gasteiger partial charge >= 0.3 is 0 Å². The summed E-state index contributed by atoms with van der Waals surface area (Å²) >= 11 is 0. The summed E-state index contributed by atoms with van der Waals surface area (Å²) in [4.78, 5) is 2.08. The van der Waals surface area contributed by atoms with Crippen molar-refractivity contribution < 1.29 is 4.74 Å². The molecule has 1 aliphatic rings. The zero-order valence-corrected chi connectivity index (χ0v) is 7.63. The van der Waals surface area contributed by atoms with Gasteiger partial charge in [-0.05, 0) is 14.1 Å². The zero-order valence-electron chi connectivity index (χ0n) is 7.63. The maximum absolute atomic E-state index is 8.80. The van der Waals surface area contributed by atoms with E-state index in [0.29, 0.717) is 13.2 Å². The van der Waals surface area contributed by atoms with Gasteiger partial charge in [0.05, 0.1) is 19.3 Å². The van der Waals surface area contributed by atoms with Gasteiger partial charge in [0.15, 0.2) is 5.54 Å². The quantitative estimate of drug-likeness (QED) is 0.612. The first kappa shape index (κ1) is 9.46. The lowest BCUT2D eigenvalue weighted by Gasteiger charge is -2.36. The fourth-order valence-corrected chi connectivity index (χ4v) is 1.03. The van der Waals surface area contributed by atoms with Crippen molar-refractivity contribution >= 4 is 0 Å². The van der Waals surface area contributed by atoms with Crippen molar-refractivity contribution in [1.29, 1.82) is 5.26 Å². The summed E-state index contributed by atoms with van der Waals surface area (Å²) in [5.41, 5.74) is -0.393. The Labute approximate surface area is 73.1 Å². The third-order valence-corrected chi connectivity index (χ3v) is 1.93. The normalized spacial score (nSPS) is 20.2. The average Bonchev–Trinajstić information content (AvgIpc) is 1.94. The van der Waals surface area contributed by atoms with Gasteiger partial charge in [-0.1, -0.05) is 0 Å². The van der Waals surface area contributed by atoms with Gasteiger partial charge in [0.2, 0.25) is 0 Å². The first-order valence-electron chi connectivity index (χ1n) is 4.07. The van der Waals surface area contributed by atoms with Crippen molar-refractivity contribution in [2.75, 3.05) is 40.4 Å². The van der Waals surface area contributed by atoms with Gasteiger partial charge in [0.25, 0.3) is 0 Å². The van der Waals surface area contributed by atoms with E-state index < -0.39 is 5.54 Å². The summed E-state index contributed by atoms with van der Waals surface area (Å²) in [7, 11) is 4.02. The number of hydrogen-bond donors (Lipinski definition) is 1. The van der Waals surface area contributed by atoms with Gasteiger partial charge in [-0.3, -0.25) is 5.32 Å². The Morgan fingerprint density at radius 1 is 1.58 bits per heavy atom. The molecule has 1 aliphatic heterocycles. The molecule has 0 bridgehead atoms. The second-order valence-corrected chi connectivity index (χ2v) is 3.42. The second-order valence-electron chi connectivity index (χ2n) is 3.42. The number of rotatable bonds is 4. The maximum atomic E-state index is 8.80. The van der Waals surface area contributed by atoms with E-state index in [-0.39, 0.29) is 0 Å². The first-order chi connectivity index (χ1) is 5.68. The summed E-state index contributed by atoms with van der Waals surface area (Å²) < 4.78 is 4.99. The molecular weight excluding hydrogens is 154 g/mol. The minimum absolute atomic E-state index is 0.393. The van der Waals surface area contributed by atoms with Gasteiger partial charge in [-0.25, -0.2) is 0 Å². The Bertz CT molecular complexity index is 181. The highest BCUT2D eigenvalue weighted by molar-refractivity contribution is 5.11. The summed E-state index contributed by atoms with van der Waals surface area (Å²) in [5.74, 6) is 0. The summed E-state index contributed by atoms with van der Waals surface area (Å²) in [6.07, 6.45) is 0. The van der Waals surface area contributed by atoms with E-state index in [9.17, 15) is 0 Å². The highest BCUT2D eigenvalue weighted by atomic mass is 16.5. The van der Waals surface area contributed by atoms with Crippen LogP contribution < -0.4 is 5.32 Å². The van der Waals surface area contributed by atoms with Crippen LogP contribution in [0.1, 0.15) is 0 Å². The molecule has 12 heavy (non-hydrogen) atoms. The predicted molar refractivity (Wildman–Crippen MR) is 45.7 cm³/mol. The van der Waals surface area contributed by atoms with Crippen LogP contribution in [0.3, 0.4) is 0 Å². The minimum Gasteiger partial charge on any atom is -0.375 e. The molecule has 0 spiro atoms. The molecule has 1 fully saturated rings. The summed E-state index contributed by atoms with van der Waals surface area (Å²) in [5, 5.41) is 12.0. The SMILES string of the molecule is CN(C)CCNC1(C#N)COC1. The van der Waals surface area contributed by atoms with Gasteiger partial charge in [0, 0.05) is 13.1 Å². The number of nitrogens with one attached hydrogen (secondary N) is 1. The lowest BCUT2D eigenvalue weighted by atomic mass is 10.0. The van der Waals surface area contributed by atoms with Crippen LogP contribution in [0, 0.1) is 11.3 Å². The van der Waals surface area contributed by atoms with Crippen LogP contribution in [-0.4, -0.2) is 50.8 Å². The second kappa shape index (κ2) is 3.85. The predicted octanol–water partition coefficient (Wildman–Crippen LogP) is -0.570. The number of nitrogens with zero attached hydrogens (tertiary/aromatic N) is 2. The number of likely N-dealkylation sites (N-methyl/N-ethyl adjacent to an activating group) is 1. The molecule has 0 amide bonds. The number of nitriles is 1. The molecule has 1 saturated heterocycles. The molecule has 1 N–H and O–H groups in total. The van der Waals surface area contributed by atoms with Crippen molar-refractivity contribution in [3.05, 3.63) is 0 Å². The van der Waals surface area contributed by atoms with Crippen molar-refractivity contribution in [2.24, 2.45) is 0 Å². The third-order valence-electron chi connectivity index (χ3n) is 1.93. The van der Waals surface area contributed by atoms with Crippen molar-refractivity contribution in [3.63, 3.8) is 0 Å². The molecule has 0 aromatic heterocycles. The molecule has 1 rings (SSSR count). The maximum Gasteiger partial charge on any atom is 0.153 e. The smallest absolute Gasteiger partial charge is 0.153 e. The number of hydrogen-bond acceptors (Lipinski definition) is 4. The topological polar surface area (TPSA) is 48.3 Å². The zero-order chi connectivity index (χ0) is 9.03. The van der Waals surface area contributed by atoms with E-state index in [4.69, 9.17) is 10.00 Å². The number of ether oxygens (including phenoxy) is 1.